The number of rotatable bonds is 11. The molecule has 0 unspecified atom stereocenters. The Kier molecular flexibility index (Phi) is 10.1. The zero-order chi connectivity index (χ0) is 30.3. The molecule has 0 aliphatic rings. The van der Waals surface area contributed by atoms with E-state index >= 15 is 0 Å². The van der Waals surface area contributed by atoms with Gasteiger partial charge in [-0.2, -0.15) is 0 Å². The molecule has 12 heteroatoms. The van der Waals surface area contributed by atoms with E-state index in [4.69, 9.17) is 0 Å². The van der Waals surface area contributed by atoms with E-state index < -0.39 is 48.4 Å². The van der Waals surface area contributed by atoms with Crippen molar-refractivity contribution in [3.8, 4) is 11.5 Å². The van der Waals surface area contributed by atoms with E-state index in [2.05, 4.69) is 20.1 Å². The Labute approximate surface area is 233 Å². The molecule has 3 rings (SSSR count). The van der Waals surface area contributed by atoms with Crippen LogP contribution in [0.25, 0.3) is 0 Å². The third kappa shape index (κ3) is 9.04. The van der Waals surface area contributed by atoms with Gasteiger partial charge in [-0.05, 0) is 46.9 Å². The Morgan fingerprint density at radius 2 is 1.34 bits per heavy atom. The van der Waals surface area contributed by atoms with Gasteiger partial charge in [-0.3, -0.25) is 0 Å². The molecule has 41 heavy (non-hydrogen) atoms. The highest BCUT2D eigenvalue weighted by Gasteiger charge is 2.39. The van der Waals surface area contributed by atoms with E-state index in [9.17, 15) is 36.2 Å². The number of urea groups is 1. The van der Waals surface area contributed by atoms with E-state index in [0.29, 0.717) is 12.0 Å². The molecule has 0 bridgehead atoms. The second-order valence-corrected chi connectivity index (χ2v) is 9.49. The Morgan fingerprint density at radius 1 is 0.829 bits per heavy atom. The van der Waals surface area contributed by atoms with Gasteiger partial charge in [0.15, 0.2) is 0 Å². The number of hydrogen-bond acceptors (Lipinski definition) is 4. The molecule has 222 valence electrons. The molecule has 2 amide bonds. The van der Waals surface area contributed by atoms with Crippen LogP contribution in [0.3, 0.4) is 0 Å². The topological polar surface area (TPSA) is 79.8 Å². The largest absolute Gasteiger partial charge is 0.573 e. The summed E-state index contributed by atoms with van der Waals surface area (Å²) in [6.45, 7) is 3.29. The number of aliphatic hydroxyl groups is 1. The second-order valence-electron chi connectivity index (χ2n) is 9.49. The minimum Gasteiger partial charge on any atom is -0.406 e. The molecular weight excluding hydrogens is 554 g/mol. The molecule has 0 aliphatic heterocycles. The van der Waals surface area contributed by atoms with Crippen LogP contribution in [0, 0.1) is 5.92 Å². The normalized spacial score (nSPS) is 13.7. The van der Waals surface area contributed by atoms with Crippen molar-refractivity contribution in [1.29, 1.82) is 0 Å². The molecule has 0 radical (unpaired) electrons. The summed E-state index contributed by atoms with van der Waals surface area (Å²) in [5, 5.41) is 15.3. The van der Waals surface area contributed by atoms with E-state index in [0.717, 1.165) is 24.3 Å². The summed E-state index contributed by atoms with van der Waals surface area (Å²) in [5.74, 6) is -1.32. The van der Waals surface area contributed by atoms with E-state index in [1.807, 2.05) is 13.8 Å². The van der Waals surface area contributed by atoms with Crippen LogP contribution in [-0.4, -0.2) is 36.5 Å². The second kappa shape index (κ2) is 13.2. The molecule has 6 nitrogen and oxygen atoms in total. The molecule has 0 heterocycles. The van der Waals surface area contributed by atoms with Gasteiger partial charge in [-0.1, -0.05) is 74.9 Å². The number of amides is 2. The summed E-state index contributed by atoms with van der Waals surface area (Å²) in [5.41, 5.74) is -0.938. The third-order valence-corrected chi connectivity index (χ3v) is 6.60. The maximum absolute atomic E-state index is 13.5. The highest BCUT2D eigenvalue weighted by Crippen LogP contribution is 2.38. The Morgan fingerprint density at radius 3 is 1.78 bits per heavy atom. The lowest BCUT2D eigenvalue weighted by atomic mass is 9.77. The van der Waals surface area contributed by atoms with Crippen LogP contribution in [-0.2, 0) is 12.0 Å². The molecule has 0 spiro atoms. The van der Waals surface area contributed by atoms with E-state index in [1.165, 1.54) is 24.3 Å². The first kappa shape index (κ1) is 31.6. The fourth-order valence-corrected chi connectivity index (χ4v) is 4.43. The van der Waals surface area contributed by atoms with Gasteiger partial charge < -0.3 is 25.2 Å². The van der Waals surface area contributed by atoms with Crippen molar-refractivity contribution in [2.75, 3.05) is 6.61 Å². The molecule has 3 aromatic rings. The lowest BCUT2D eigenvalue weighted by Gasteiger charge is -2.37. The number of halogens is 6. The third-order valence-electron chi connectivity index (χ3n) is 6.60. The summed E-state index contributed by atoms with van der Waals surface area (Å²) >= 11 is 0. The van der Waals surface area contributed by atoms with Gasteiger partial charge in [0.05, 0.1) is 18.2 Å². The number of benzene rings is 3. The average molecular weight is 585 g/mol. The number of hydrogen-bond donors (Lipinski definition) is 3. The van der Waals surface area contributed by atoms with Crippen molar-refractivity contribution >= 4 is 6.03 Å². The first-order chi connectivity index (χ1) is 19.2. The fraction of sp³-hybridized carbons (Fsp3) is 0.345. The summed E-state index contributed by atoms with van der Waals surface area (Å²) in [7, 11) is 0. The van der Waals surface area contributed by atoms with Gasteiger partial charge in [0.2, 0.25) is 0 Å². The number of ether oxygens (including phenoxy) is 2. The van der Waals surface area contributed by atoms with Crippen molar-refractivity contribution in [2.24, 2.45) is 5.92 Å². The smallest absolute Gasteiger partial charge is 0.406 e. The molecule has 0 fully saturated rings. The molecule has 3 N–H and O–H groups in total. The van der Waals surface area contributed by atoms with Crippen LogP contribution in [0.5, 0.6) is 11.5 Å². The monoisotopic (exact) mass is 584 g/mol. The number of nitrogens with one attached hydrogen (secondary N) is 2. The van der Waals surface area contributed by atoms with Crippen molar-refractivity contribution in [2.45, 2.75) is 51.0 Å². The molecule has 0 saturated heterocycles. The quantitative estimate of drug-likeness (QED) is 0.220. The van der Waals surface area contributed by atoms with Crippen LogP contribution in [0.1, 0.15) is 37.0 Å². The minimum atomic E-state index is -5.02. The predicted octanol–water partition coefficient (Wildman–Crippen LogP) is 6.68. The van der Waals surface area contributed by atoms with Crippen molar-refractivity contribution in [1.82, 2.24) is 10.6 Å². The number of carbonyl (C=O) groups excluding carboxylic acids is 1. The van der Waals surface area contributed by atoms with Crippen LogP contribution in [0.2, 0.25) is 0 Å². The minimum absolute atomic E-state index is 0.0840. The summed E-state index contributed by atoms with van der Waals surface area (Å²) < 4.78 is 86.8. The van der Waals surface area contributed by atoms with Gasteiger partial charge in [0.1, 0.15) is 11.5 Å². The first-order valence-corrected chi connectivity index (χ1v) is 12.7. The SMILES string of the molecule is CC[C@H](C)[C@@H](CO)NC(=O)NC(Cc1ccccc1)(c1cccc(OC(F)(F)F)c1)c1cccc(OC(F)(F)F)c1. The van der Waals surface area contributed by atoms with Crippen LogP contribution >= 0.6 is 0 Å². The summed E-state index contributed by atoms with van der Waals surface area (Å²) in [6.07, 6.45) is -9.50. The molecule has 0 aliphatic carbocycles. The van der Waals surface area contributed by atoms with Gasteiger partial charge in [-0.15, -0.1) is 26.3 Å². The van der Waals surface area contributed by atoms with Gasteiger partial charge in [-0.25, -0.2) is 4.79 Å². The summed E-state index contributed by atoms with van der Waals surface area (Å²) in [4.78, 5) is 13.5. The molecule has 0 aromatic heterocycles. The maximum Gasteiger partial charge on any atom is 0.573 e. The highest BCUT2D eigenvalue weighted by atomic mass is 19.4. The highest BCUT2D eigenvalue weighted by molar-refractivity contribution is 5.76. The lowest BCUT2D eigenvalue weighted by molar-refractivity contribution is -0.275. The van der Waals surface area contributed by atoms with Crippen molar-refractivity contribution in [3.63, 3.8) is 0 Å². The number of aliphatic hydroxyl groups excluding tert-OH is 1. The maximum atomic E-state index is 13.5. The Hall–Kier alpha value is -3.93. The first-order valence-electron chi connectivity index (χ1n) is 12.7. The zero-order valence-corrected chi connectivity index (χ0v) is 22.2. The number of carbonyl (C=O) groups is 1. The van der Waals surface area contributed by atoms with E-state index in [1.54, 1.807) is 30.3 Å². The van der Waals surface area contributed by atoms with Crippen molar-refractivity contribution in [3.05, 3.63) is 95.6 Å². The average Bonchev–Trinajstić information content (AvgIpc) is 2.90. The van der Waals surface area contributed by atoms with Gasteiger partial charge in [0, 0.05) is 6.42 Å². The predicted molar refractivity (Wildman–Crippen MR) is 139 cm³/mol. The molecule has 3 aromatic carbocycles. The van der Waals surface area contributed by atoms with Gasteiger partial charge in [0.25, 0.3) is 0 Å². The Balaban J connectivity index is 2.23. The van der Waals surface area contributed by atoms with Crippen LogP contribution in [0.4, 0.5) is 31.1 Å². The van der Waals surface area contributed by atoms with Gasteiger partial charge >= 0.3 is 18.8 Å². The lowest BCUT2D eigenvalue weighted by Crippen LogP contribution is -2.55. The fourth-order valence-electron chi connectivity index (χ4n) is 4.43. The van der Waals surface area contributed by atoms with Crippen LogP contribution in [0.15, 0.2) is 78.9 Å². The number of alkyl halides is 6. The molecule has 2 atom stereocenters. The molecular formula is C29H30F6N2O4. The van der Waals surface area contributed by atoms with E-state index in [-0.39, 0.29) is 23.5 Å². The molecule has 0 saturated carbocycles. The summed E-state index contributed by atoms with van der Waals surface area (Å²) in [6, 6.07) is 16.8. The standard InChI is InChI=1S/C29H30F6N2O4/c1-3-19(2)25(18-38)36-26(39)37-27(17-20-9-5-4-6-10-20,21-11-7-13-23(15-21)40-28(30,31)32)22-12-8-14-24(16-22)41-29(33,34)35/h4-16,19,25,38H,3,17-18H2,1-2H3,(H2,36,37,39)/t19-,25+/m0/s1. The zero-order valence-electron chi connectivity index (χ0n) is 22.2. The van der Waals surface area contributed by atoms with Crippen LogP contribution < -0.4 is 20.1 Å². The van der Waals surface area contributed by atoms with Crippen molar-refractivity contribution < 1.29 is 45.7 Å². The Bertz CT molecular complexity index is 1220.